The van der Waals surface area contributed by atoms with Crippen molar-refractivity contribution in [3.63, 3.8) is 0 Å². The van der Waals surface area contributed by atoms with Gasteiger partial charge in [-0.25, -0.2) is 9.52 Å². The van der Waals surface area contributed by atoms with Crippen LogP contribution in [0.15, 0.2) is 18.2 Å². The zero-order valence-electron chi connectivity index (χ0n) is 10.9. The molecule has 7 nitrogen and oxygen atoms in total. The number of rotatable bonds is 4. The highest BCUT2D eigenvalue weighted by atomic mass is 32.2. The molecule has 2 N–H and O–H groups in total. The number of hydrogen-bond donors (Lipinski definition) is 2. The third-order valence-corrected chi connectivity index (χ3v) is 3.90. The Morgan fingerprint density at radius 3 is 2.63 bits per heavy atom. The minimum Gasteiger partial charge on any atom is -0.508 e. The Bertz CT molecular complexity index is 570. The summed E-state index contributed by atoms with van der Waals surface area (Å²) >= 11 is 0. The third-order valence-electron chi connectivity index (χ3n) is 2.44. The summed E-state index contributed by atoms with van der Waals surface area (Å²) in [5.41, 5.74) is 0.939. The highest BCUT2D eigenvalue weighted by Crippen LogP contribution is 2.26. The van der Waals surface area contributed by atoms with Gasteiger partial charge in [-0.1, -0.05) is 6.07 Å². The van der Waals surface area contributed by atoms with Crippen molar-refractivity contribution in [1.29, 1.82) is 0 Å². The van der Waals surface area contributed by atoms with E-state index in [0.29, 0.717) is 11.3 Å². The first kappa shape index (κ1) is 15.1. The van der Waals surface area contributed by atoms with E-state index in [1.165, 1.54) is 12.1 Å². The molecule has 0 saturated heterocycles. The predicted molar refractivity (Wildman–Crippen MR) is 70.3 cm³/mol. The van der Waals surface area contributed by atoms with Crippen LogP contribution in [-0.4, -0.2) is 33.3 Å². The molecule has 0 saturated carbocycles. The second-order valence-corrected chi connectivity index (χ2v) is 5.33. The summed E-state index contributed by atoms with van der Waals surface area (Å²) in [6.45, 7) is 3.40. The molecule has 0 heterocycles. The second-order valence-electron chi connectivity index (χ2n) is 3.73. The molecule has 8 heteroatoms. The Hall–Kier alpha value is -1.96. The fraction of sp³-hybridized carbons (Fsp3) is 0.364. The van der Waals surface area contributed by atoms with Crippen LogP contribution in [0.3, 0.4) is 0 Å². The Labute approximate surface area is 112 Å². The van der Waals surface area contributed by atoms with E-state index in [-0.39, 0.29) is 12.3 Å². The largest absolute Gasteiger partial charge is 0.508 e. The van der Waals surface area contributed by atoms with Gasteiger partial charge in [-0.3, -0.25) is 4.31 Å². The maximum Gasteiger partial charge on any atom is 0.422 e. The van der Waals surface area contributed by atoms with Crippen molar-refractivity contribution in [1.82, 2.24) is 4.72 Å². The molecule has 1 aromatic carbocycles. The Balaban J connectivity index is 3.20. The maximum absolute atomic E-state index is 12.0. The summed E-state index contributed by atoms with van der Waals surface area (Å²) in [4.78, 5) is 11.0. The number of ether oxygens (including phenoxy) is 1. The number of aryl methyl sites for hydroxylation is 1. The summed E-state index contributed by atoms with van der Waals surface area (Å²) in [6.07, 6.45) is -1.07. The quantitative estimate of drug-likeness (QED) is 0.865. The average molecular weight is 288 g/mol. The van der Waals surface area contributed by atoms with Crippen molar-refractivity contribution in [3.05, 3.63) is 23.8 Å². The number of methoxy groups -OCH3 is 1. The van der Waals surface area contributed by atoms with Gasteiger partial charge in [-0.05, 0) is 25.5 Å². The highest BCUT2D eigenvalue weighted by molar-refractivity contribution is 7.91. The Morgan fingerprint density at radius 2 is 2.11 bits per heavy atom. The molecule has 1 rings (SSSR count). The van der Waals surface area contributed by atoms with Crippen LogP contribution in [0.25, 0.3) is 0 Å². The van der Waals surface area contributed by atoms with Gasteiger partial charge in [0.15, 0.2) is 0 Å². The monoisotopic (exact) mass is 288 g/mol. The van der Waals surface area contributed by atoms with Crippen molar-refractivity contribution in [2.45, 2.75) is 13.8 Å². The molecule has 0 aromatic heterocycles. The summed E-state index contributed by atoms with van der Waals surface area (Å²) < 4.78 is 31.0. The third kappa shape index (κ3) is 3.50. The molecule has 0 aliphatic rings. The normalized spacial score (nSPS) is 10.9. The SMILES string of the molecule is CCN(c1cc(O)ccc1C)S(=O)(=O)NC(=O)OC. The van der Waals surface area contributed by atoms with E-state index in [4.69, 9.17) is 0 Å². The fourth-order valence-corrected chi connectivity index (χ4v) is 2.74. The molecule has 0 spiro atoms. The van der Waals surface area contributed by atoms with Crippen molar-refractivity contribution in [2.24, 2.45) is 0 Å². The lowest BCUT2D eigenvalue weighted by atomic mass is 10.2. The van der Waals surface area contributed by atoms with E-state index in [1.54, 1.807) is 24.6 Å². The lowest BCUT2D eigenvalue weighted by Gasteiger charge is -2.24. The van der Waals surface area contributed by atoms with Crippen molar-refractivity contribution in [3.8, 4) is 5.75 Å². The molecule has 1 amide bonds. The van der Waals surface area contributed by atoms with Gasteiger partial charge in [-0.15, -0.1) is 0 Å². The van der Waals surface area contributed by atoms with Gasteiger partial charge in [-0.2, -0.15) is 8.42 Å². The number of carbonyl (C=O) groups is 1. The van der Waals surface area contributed by atoms with Crippen LogP contribution >= 0.6 is 0 Å². The molecule has 0 radical (unpaired) electrons. The average Bonchev–Trinajstić information content (AvgIpc) is 2.33. The molecule has 0 unspecified atom stereocenters. The lowest BCUT2D eigenvalue weighted by molar-refractivity contribution is 0.177. The number of carbonyl (C=O) groups excluding carboxylic acids is 1. The van der Waals surface area contributed by atoms with Gasteiger partial charge in [0.25, 0.3) is 0 Å². The van der Waals surface area contributed by atoms with Crippen LogP contribution in [0, 0.1) is 6.92 Å². The van der Waals surface area contributed by atoms with E-state index < -0.39 is 16.3 Å². The van der Waals surface area contributed by atoms with Gasteiger partial charge >= 0.3 is 16.3 Å². The van der Waals surface area contributed by atoms with Crippen molar-refractivity contribution >= 4 is 22.0 Å². The number of aromatic hydroxyl groups is 1. The summed E-state index contributed by atoms with van der Waals surface area (Å²) in [5.74, 6) is -0.0627. The molecule has 19 heavy (non-hydrogen) atoms. The van der Waals surface area contributed by atoms with E-state index in [9.17, 15) is 18.3 Å². The summed E-state index contributed by atoms with van der Waals surface area (Å²) in [7, 11) is -3.01. The van der Waals surface area contributed by atoms with Crippen LogP contribution in [0.1, 0.15) is 12.5 Å². The number of nitrogens with one attached hydrogen (secondary N) is 1. The van der Waals surface area contributed by atoms with Gasteiger partial charge in [0, 0.05) is 12.6 Å². The first-order valence-corrected chi connectivity index (χ1v) is 6.94. The number of phenols is 1. The van der Waals surface area contributed by atoms with Gasteiger partial charge in [0.2, 0.25) is 0 Å². The molecule has 0 bridgehead atoms. The first-order valence-electron chi connectivity index (χ1n) is 5.50. The molecule has 0 fully saturated rings. The van der Waals surface area contributed by atoms with Crippen molar-refractivity contribution in [2.75, 3.05) is 18.0 Å². The number of amides is 1. The second kappa shape index (κ2) is 5.79. The Morgan fingerprint density at radius 1 is 1.47 bits per heavy atom. The number of benzene rings is 1. The number of phenolic OH excluding ortho intramolecular Hbond substituents is 1. The summed E-state index contributed by atoms with van der Waals surface area (Å²) in [5, 5.41) is 9.44. The predicted octanol–water partition coefficient (Wildman–Crippen LogP) is 1.13. The van der Waals surface area contributed by atoms with Crippen molar-refractivity contribution < 1.29 is 23.1 Å². The molecule has 0 aliphatic carbocycles. The molecular weight excluding hydrogens is 272 g/mol. The zero-order valence-corrected chi connectivity index (χ0v) is 11.7. The van der Waals surface area contributed by atoms with Crippen LogP contribution in [0.2, 0.25) is 0 Å². The molecular formula is C11H16N2O5S. The Kier molecular flexibility index (Phi) is 4.60. The van der Waals surface area contributed by atoms with Gasteiger partial charge < -0.3 is 9.84 Å². The standard InChI is InChI=1S/C11H16N2O5S/c1-4-13(19(16,17)12-11(15)18-3)10-7-9(14)6-5-8(10)2/h5-7,14H,4H2,1-3H3,(H,12,15). The minimum absolute atomic E-state index is 0.0627. The molecule has 1 aromatic rings. The zero-order chi connectivity index (χ0) is 14.6. The maximum atomic E-state index is 12.0. The van der Waals surface area contributed by atoms with E-state index in [0.717, 1.165) is 11.4 Å². The lowest BCUT2D eigenvalue weighted by Crippen LogP contribution is -2.43. The topological polar surface area (TPSA) is 95.9 Å². The number of nitrogens with zero attached hydrogens (tertiary/aromatic N) is 1. The molecule has 0 aliphatic heterocycles. The van der Waals surface area contributed by atoms with Gasteiger partial charge in [0.1, 0.15) is 5.75 Å². The highest BCUT2D eigenvalue weighted by Gasteiger charge is 2.25. The van der Waals surface area contributed by atoms with Crippen LogP contribution in [0.5, 0.6) is 5.75 Å². The molecule has 106 valence electrons. The smallest absolute Gasteiger partial charge is 0.422 e. The number of hydrogen-bond acceptors (Lipinski definition) is 5. The first-order chi connectivity index (χ1) is 8.81. The molecule has 0 atom stereocenters. The van der Waals surface area contributed by atoms with Gasteiger partial charge in [0.05, 0.1) is 12.8 Å². The van der Waals surface area contributed by atoms with Crippen LogP contribution in [0.4, 0.5) is 10.5 Å². The van der Waals surface area contributed by atoms with E-state index in [2.05, 4.69) is 4.74 Å². The van der Waals surface area contributed by atoms with Crippen LogP contribution in [-0.2, 0) is 14.9 Å². The number of anilines is 1. The summed E-state index contributed by atoms with van der Waals surface area (Å²) in [6, 6.07) is 4.35. The van der Waals surface area contributed by atoms with E-state index in [1.807, 2.05) is 0 Å². The van der Waals surface area contributed by atoms with E-state index >= 15 is 0 Å². The van der Waals surface area contributed by atoms with Crippen LogP contribution < -0.4 is 9.03 Å². The minimum atomic E-state index is -4.08. The fourth-order valence-electron chi connectivity index (χ4n) is 1.54.